The molecule has 320 valence electrons. The Morgan fingerprint density at radius 3 is 1.86 bits per heavy atom. The number of unbranched alkanes of at least 4 members (excludes halogenated alkanes) is 1. The van der Waals surface area contributed by atoms with Crippen LogP contribution in [0.5, 0.6) is 0 Å². The number of primary amides is 1. The zero-order valence-corrected chi connectivity index (χ0v) is 33.7. The highest BCUT2D eigenvalue weighted by molar-refractivity contribution is 5.97. The summed E-state index contributed by atoms with van der Waals surface area (Å²) < 4.78 is 0. The Morgan fingerprint density at radius 1 is 0.754 bits per heavy atom. The van der Waals surface area contributed by atoms with Crippen LogP contribution < -0.4 is 48.7 Å². The van der Waals surface area contributed by atoms with E-state index in [1.165, 1.54) is 19.4 Å². The number of aliphatic carboxylic acids is 1. The number of aromatic nitrogens is 2. The number of carbonyl (C=O) groups is 8. The van der Waals surface area contributed by atoms with Gasteiger partial charge in [-0.2, -0.15) is 0 Å². The maximum Gasteiger partial charge on any atom is 0.326 e. The zero-order chi connectivity index (χ0) is 42.7. The molecule has 57 heavy (non-hydrogen) atoms. The second kappa shape index (κ2) is 24.5. The van der Waals surface area contributed by atoms with Crippen LogP contribution in [-0.2, 0) is 44.8 Å². The Kier molecular flexibility index (Phi) is 20.7. The molecule has 0 aliphatic carbocycles. The molecule has 2 rings (SSSR count). The summed E-state index contributed by atoms with van der Waals surface area (Å²) in [4.78, 5) is 111. The second-order valence-electron chi connectivity index (χ2n) is 15.4. The number of carboxylic acid groups (broad SMARTS) is 1. The van der Waals surface area contributed by atoms with E-state index in [9.17, 15) is 43.5 Å². The molecular weight excluding hydrogens is 742 g/mol. The molecule has 0 saturated carbocycles. The van der Waals surface area contributed by atoms with Crippen LogP contribution in [0.4, 0.5) is 0 Å². The van der Waals surface area contributed by atoms with Crippen LogP contribution in [0.2, 0.25) is 0 Å². The summed E-state index contributed by atoms with van der Waals surface area (Å²) in [6.07, 6.45) is 4.99. The molecule has 0 bridgehead atoms. The van der Waals surface area contributed by atoms with Gasteiger partial charge < -0.3 is 58.8 Å². The average molecular weight is 806 g/mol. The van der Waals surface area contributed by atoms with Crippen molar-refractivity contribution in [1.82, 2.24) is 47.2 Å². The third-order valence-corrected chi connectivity index (χ3v) is 9.29. The highest BCUT2D eigenvalue weighted by Gasteiger charge is 2.34. The fourth-order valence-corrected chi connectivity index (χ4v) is 6.21. The van der Waals surface area contributed by atoms with Gasteiger partial charge in [-0.15, -0.1) is 0 Å². The first-order valence-electron chi connectivity index (χ1n) is 19.7. The van der Waals surface area contributed by atoms with Crippen molar-refractivity contribution in [1.29, 1.82) is 0 Å². The lowest BCUT2D eigenvalue weighted by molar-refractivity contribution is -0.142. The quantitative estimate of drug-likeness (QED) is 0.0463. The smallest absolute Gasteiger partial charge is 0.326 e. The first kappa shape index (κ1) is 48.0. The molecule has 20 heteroatoms. The van der Waals surface area contributed by atoms with E-state index < -0.39 is 83.7 Å². The number of aromatic amines is 1. The van der Waals surface area contributed by atoms with Crippen molar-refractivity contribution in [3.05, 3.63) is 18.2 Å². The number of nitrogens with zero attached hydrogens (tertiary/aromatic N) is 1. The van der Waals surface area contributed by atoms with Crippen molar-refractivity contribution >= 4 is 47.3 Å². The van der Waals surface area contributed by atoms with E-state index in [1.807, 2.05) is 13.8 Å². The maximum absolute atomic E-state index is 13.8. The van der Waals surface area contributed by atoms with Crippen LogP contribution in [0.3, 0.4) is 0 Å². The fourth-order valence-electron chi connectivity index (χ4n) is 6.21. The largest absolute Gasteiger partial charge is 0.480 e. The van der Waals surface area contributed by atoms with Gasteiger partial charge in [0.1, 0.15) is 36.3 Å². The summed E-state index contributed by atoms with van der Waals surface area (Å²) in [7, 11) is 0. The number of carbonyl (C=O) groups excluding carboxylic acids is 7. The first-order chi connectivity index (χ1) is 26.9. The molecule has 20 nitrogen and oxygen atoms in total. The van der Waals surface area contributed by atoms with Gasteiger partial charge in [0.25, 0.3) is 0 Å². The Bertz CT molecular complexity index is 1500. The Morgan fingerprint density at radius 2 is 1.32 bits per heavy atom. The molecule has 0 spiro atoms. The SMILES string of the molecule is CC(C)C[C@H](NC(=O)[C@H](Cc1cnc[nH]1)NC(=O)[C@H](CCC(N)=O)NC(=O)[C@H](CCCCN)NC(=O)[C@H](C)NC(=O)[C@H](CC(C)C)NC(=O)[C@@H]1CCCN1)C(=O)O. The third-order valence-electron chi connectivity index (χ3n) is 9.29. The molecule has 0 radical (unpaired) electrons. The van der Waals surface area contributed by atoms with Gasteiger partial charge in [0.15, 0.2) is 0 Å². The Labute approximate surface area is 333 Å². The van der Waals surface area contributed by atoms with E-state index in [2.05, 4.69) is 47.2 Å². The van der Waals surface area contributed by atoms with E-state index in [1.54, 1.807) is 13.8 Å². The molecule has 1 saturated heterocycles. The van der Waals surface area contributed by atoms with Crippen LogP contribution in [0.1, 0.15) is 98.1 Å². The predicted molar refractivity (Wildman–Crippen MR) is 208 cm³/mol. The summed E-state index contributed by atoms with van der Waals surface area (Å²) >= 11 is 0. The number of amides is 7. The van der Waals surface area contributed by atoms with Crippen molar-refractivity contribution < 1.29 is 43.5 Å². The lowest BCUT2D eigenvalue weighted by Crippen LogP contribution is -2.59. The summed E-state index contributed by atoms with van der Waals surface area (Å²) in [6.45, 7) is 9.81. The van der Waals surface area contributed by atoms with Crippen LogP contribution in [-0.4, -0.2) is 118 Å². The number of imidazole rings is 1. The number of hydrogen-bond donors (Lipinski definition) is 11. The first-order valence-corrected chi connectivity index (χ1v) is 19.7. The van der Waals surface area contributed by atoms with Crippen molar-refractivity contribution in [2.24, 2.45) is 23.3 Å². The normalized spacial score (nSPS) is 17.0. The van der Waals surface area contributed by atoms with Gasteiger partial charge in [0.05, 0.1) is 12.4 Å². The minimum absolute atomic E-state index is 0.0405. The van der Waals surface area contributed by atoms with Crippen LogP contribution in [0.15, 0.2) is 12.5 Å². The summed E-state index contributed by atoms with van der Waals surface area (Å²) in [5.74, 6) is -6.13. The van der Waals surface area contributed by atoms with Crippen LogP contribution in [0.25, 0.3) is 0 Å². The molecule has 1 fully saturated rings. The Balaban J connectivity index is 2.25. The summed E-state index contributed by atoms with van der Waals surface area (Å²) in [6, 6.07) is -7.68. The van der Waals surface area contributed by atoms with E-state index in [-0.39, 0.29) is 49.8 Å². The number of nitrogens with two attached hydrogens (primary N) is 2. The molecule has 0 unspecified atom stereocenters. The highest BCUT2D eigenvalue weighted by Crippen LogP contribution is 2.11. The molecule has 7 atom stereocenters. The molecule has 1 aromatic rings. The Hall–Kier alpha value is -5.11. The third kappa shape index (κ3) is 17.7. The number of H-pyrrole nitrogens is 1. The molecule has 1 aliphatic heterocycles. The number of carboxylic acids is 1. The zero-order valence-electron chi connectivity index (χ0n) is 33.7. The van der Waals surface area contributed by atoms with Crippen LogP contribution >= 0.6 is 0 Å². The van der Waals surface area contributed by atoms with Crippen molar-refractivity contribution in [2.75, 3.05) is 13.1 Å². The molecule has 1 aliphatic rings. The lowest BCUT2D eigenvalue weighted by Gasteiger charge is -2.27. The standard InChI is InChI=1S/C37H63N11O9/c1-20(2)15-27(46-32(51)24-10-8-14-41-24)35(54)43-22(5)31(50)44-25(9-6-7-13-38)33(52)45-26(11-12-30(39)49)34(53)47-28(17-23-18-40-19-42-23)36(55)48-29(37(56)57)16-21(3)4/h18-22,24-29,41H,6-17,38H2,1-5H3,(H2,39,49)(H,40,42)(H,43,54)(H,44,50)(H,45,52)(H,46,51)(H,47,53)(H,48,55)(H,56,57)/t22-,24-,25-,26-,27-,28-,29-/m0/s1. The highest BCUT2D eigenvalue weighted by atomic mass is 16.4. The molecule has 0 aromatic carbocycles. The second-order valence-corrected chi connectivity index (χ2v) is 15.4. The van der Waals surface area contributed by atoms with Gasteiger partial charge in [0, 0.05) is 24.7 Å². The van der Waals surface area contributed by atoms with Crippen molar-refractivity contribution in [2.45, 2.75) is 141 Å². The lowest BCUT2D eigenvalue weighted by atomic mass is 10.0. The average Bonchev–Trinajstić information content (AvgIpc) is 3.87. The van der Waals surface area contributed by atoms with Crippen molar-refractivity contribution in [3.8, 4) is 0 Å². The minimum atomic E-state index is -1.42. The summed E-state index contributed by atoms with van der Waals surface area (Å²) in [5.41, 5.74) is 11.5. The number of hydrogen-bond acceptors (Lipinski definition) is 11. The molecule has 1 aromatic heterocycles. The van der Waals surface area contributed by atoms with Gasteiger partial charge in [-0.05, 0) is 83.2 Å². The molecule has 7 amide bonds. The van der Waals surface area contributed by atoms with E-state index in [0.29, 0.717) is 44.5 Å². The van der Waals surface area contributed by atoms with E-state index in [4.69, 9.17) is 11.5 Å². The van der Waals surface area contributed by atoms with E-state index in [0.717, 1.165) is 6.42 Å². The van der Waals surface area contributed by atoms with Gasteiger partial charge in [-0.25, -0.2) is 9.78 Å². The van der Waals surface area contributed by atoms with Gasteiger partial charge >= 0.3 is 5.97 Å². The number of rotatable bonds is 26. The maximum atomic E-state index is 13.8. The van der Waals surface area contributed by atoms with Gasteiger partial charge in [-0.3, -0.25) is 33.6 Å². The van der Waals surface area contributed by atoms with Gasteiger partial charge in [0.2, 0.25) is 41.4 Å². The molecular formula is C37H63N11O9. The molecule has 13 N–H and O–H groups in total. The van der Waals surface area contributed by atoms with Crippen molar-refractivity contribution in [3.63, 3.8) is 0 Å². The monoisotopic (exact) mass is 805 g/mol. The molecule has 2 heterocycles. The van der Waals surface area contributed by atoms with E-state index >= 15 is 0 Å². The van der Waals surface area contributed by atoms with Gasteiger partial charge in [-0.1, -0.05) is 27.7 Å². The van der Waals surface area contributed by atoms with Crippen LogP contribution in [0, 0.1) is 11.8 Å². The fraction of sp³-hybridized carbons (Fsp3) is 0.703. The predicted octanol–water partition coefficient (Wildman–Crippen LogP) is -1.80. The number of nitrogens with one attached hydrogen (secondary N) is 8. The topological polar surface area (TPSA) is 322 Å². The summed E-state index contributed by atoms with van der Waals surface area (Å²) in [5, 5.41) is 28.5. The minimum Gasteiger partial charge on any atom is -0.480 e.